The summed E-state index contributed by atoms with van der Waals surface area (Å²) in [6.07, 6.45) is 13.6. The number of rotatable bonds is 12. The van der Waals surface area contributed by atoms with Crippen LogP contribution < -0.4 is 5.32 Å². The zero-order valence-electron chi connectivity index (χ0n) is 14.7. The lowest BCUT2D eigenvalue weighted by molar-refractivity contribution is 0.0970. The first kappa shape index (κ1) is 18.9. The monoisotopic (exact) mass is 299 g/mol. The SMILES string of the molecule is CCCCCCC[C@@](C)(CCCCCC)[C@@H]1CNC[C@H]1F. The normalized spacial score (nSPS) is 25.1. The molecule has 0 aromatic carbocycles. The number of hydrogen-bond donors (Lipinski definition) is 1. The van der Waals surface area contributed by atoms with Gasteiger partial charge < -0.3 is 5.32 Å². The van der Waals surface area contributed by atoms with Gasteiger partial charge in [0.15, 0.2) is 0 Å². The molecular formula is C19H38FN. The first-order valence-corrected chi connectivity index (χ1v) is 9.49. The molecule has 0 amide bonds. The van der Waals surface area contributed by atoms with Crippen molar-refractivity contribution in [2.45, 2.75) is 97.6 Å². The zero-order valence-corrected chi connectivity index (χ0v) is 14.7. The number of halogens is 1. The van der Waals surface area contributed by atoms with E-state index in [0.717, 1.165) is 6.54 Å². The number of alkyl halides is 1. The molecule has 1 N–H and O–H groups in total. The Morgan fingerprint density at radius 1 is 0.857 bits per heavy atom. The molecule has 0 unspecified atom stereocenters. The molecule has 1 rings (SSSR count). The largest absolute Gasteiger partial charge is 0.313 e. The Balaban J connectivity index is 2.43. The highest BCUT2D eigenvalue weighted by molar-refractivity contribution is 4.93. The summed E-state index contributed by atoms with van der Waals surface area (Å²) < 4.78 is 14.2. The van der Waals surface area contributed by atoms with Gasteiger partial charge in [0.1, 0.15) is 6.17 Å². The minimum atomic E-state index is -0.628. The molecule has 0 radical (unpaired) electrons. The third kappa shape index (κ3) is 6.67. The van der Waals surface area contributed by atoms with E-state index < -0.39 is 6.17 Å². The van der Waals surface area contributed by atoms with E-state index in [2.05, 4.69) is 26.1 Å². The molecule has 0 spiro atoms. The molecule has 1 aliphatic rings. The molecule has 0 aromatic heterocycles. The molecule has 0 aromatic rings. The van der Waals surface area contributed by atoms with E-state index in [-0.39, 0.29) is 11.3 Å². The lowest BCUT2D eigenvalue weighted by Crippen LogP contribution is -2.34. The van der Waals surface area contributed by atoms with Crippen molar-refractivity contribution >= 4 is 0 Å². The van der Waals surface area contributed by atoms with Crippen molar-refractivity contribution in [3.8, 4) is 0 Å². The maximum Gasteiger partial charge on any atom is 0.117 e. The van der Waals surface area contributed by atoms with Gasteiger partial charge in [-0.2, -0.15) is 0 Å². The first-order chi connectivity index (χ1) is 10.1. The van der Waals surface area contributed by atoms with Crippen molar-refractivity contribution in [2.75, 3.05) is 13.1 Å². The Labute approximate surface area is 132 Å². The molecule has 1 nitrogen and oxygen atoms in total. The second-order valence-corrected chi connectivity index (χ2v) is 7.41. The van der Waals surface area contributed by atoms with Gasteiger partial charge in [-0.05, 0) is 18.3 Å². The summed E-state index contributed by atoms with van der Waals surface area (Å²) in [5.41, 5.74) is 0.211. The van der Waals surface area contributed by atoms with Crippen LogP contribution in [0.5, 0.6) is 0 Å². The summed E-state index contributed by atoms with van der Waals surface area (Å²) in [5, 5.41) is 3.27. The van der Waals surface area contributed by atoms with Crippen LogP contribution in [0.25, 0.3) is 0 Å². The molecule has 2 heteroatoms. The van der Waals surface area contributed by atoms with Crippen LogP contribution in [0.1, 0.15) is 91.4 Å². The molecule has 1 saturated heterocycles. The molecular weight excluding hydrogens is 261 g/mol. The second-order valence-electron chi connectivity index (χ2n) is 7.41. The van der Waals surface area contributed by atoms with Gasteiger partial charge in [0.2, 0.25) is 0 Å². The van der Waals surface area contributed by atoms with Gasteiger partial charge in [-0.25, -0.2) is 4.39 Å². The Morgan fingerprint density at radius 2 is 1.38 bits per heavy atom. The van der Waals surface area contributed by atoms with Gasteiger partial charge in [0.05, 0.1) is 0 Å². The standard InChI is InChI=1S/C19H38FN/c1-4-6-8-10-12-14-19(3,13-11-9-7-5-2)17-15-21-16-18(17)20/h17-18,21H,4-16H2,1-3H3/t17-,18-,19-/m1/s1. The summed E-state index contributed by atoms with van der Waals surface area (Å²) in [4.78, 5) is 0. The van der Waals surface area contributed by atoms with Crippen LogP contribution in [-0.4, -0.2) is 19.3 Å². The number of hydrogen-bond acceptors (Lipinski definition) is 1. The van der Waals surface area contributed by atoms with Gasteiger partial charge >= 0.3 is 0 Å². The van der Waals surface area contributed by atoms with E-state index in [0.29, 0.717) is 6.54 Å². The van der Waals surface area contributed by atoms with Crippen LogP contribution in [0, 0.1) is 11.3 Å². The summed E-state index contributed by atoms with van der Waals surface area (Å²) in [6.45, 7) is 8.34. The predicted octanol–water partition coefficient (Wildman–Crippen LogP) is 5.88. The van der Waals surface area contributed by atoms with Gasteiger partial charge in [0, 0.05) is 19.0 Å². The highest BCUT2D eigenvalue weighted by Gasteiger charge is 2.41. The van der Waals surface area contributed by atoms with E-state index in [4.69, 9.17) is 0 Å². The van der Waals surface area contributed by atoms with Crippen LogP contribution >= 0.6 is 0 Å². The van der Waals surface area contributed by atoms with Crippen molar-refractivity contribution in [1.29, 1.82) is 0 Å². The average Bonchev–Trinajstić information content (AvgIpc) is 2.90. The molecule has 0 aliphatic carbocycles. The first-order valence-electron chi connectivity index (χ1n) is 9.49. The molecule has 3 atom stereocenters. The molecule has 1 aliphatic heterocycles. The Hall–Kier alpha value is -0.110. The Kier molecular flexibility index (Phi) is 9.55. The summed E-state index contributed by atoms with van der Waals surface area (Å²) >= 11 is 0. The van der Waals surface area contributed by atoms with Crippen molar-refractivity contribution in [3.05, 3.63) is 0 Å². The minimum Gasteiger partial charge on any atom is -0.313 e. The smallest absolute Gasteiger partial charge is 0.117 e. The van der Waals surface area contributed by atoms with Crippen molar-refractivity contribution in [3.63, 3.8) is 0 Å². The summed E-state index contributed by atoms with van der Waals surface area (Å²) in [6, 6.07) is 0. The fourth-order valence-electron chi connectivity index (χ4n) is 3.91. The van der Waals surface area contributed by atoms with Crippen molar-refractivity contribution in [2.24, 2.45) is 11.3 Å². The highest BCUT2D eigenvalue weighted by atomic mass is 19.1. The van der Waals surface area contributed by atoms with E-state index >= 15 is 0 Å². The van der Waals surface area contributed by atoms with Gasteiger partial charge in [-0.1, -0.05) is 78.6 Å². The van der Waals surface area contributed by atoms with Gasteiger partial charge in [0.25, 0.3) is 0 Å². The second kappa shape index (κ2) is 10.6. The molecule has 1 heterocycles. The van der Waals surface area contributed by atoms with E-state index in [1.807, 2.05) is 0 Å². The van der Waals surface area contributed by atoms with Gasteiger partial charge in [-0.3, -0.25) is 0 Å². The van der Waals surface area contributed by atoms with Gasteiger partial charge in [-0.15, -0.1) is 0 Å². The van der Waals surface area contributed by atoms with Crippen molar-refractivity contribution in [1.82, 2.24) is 5.32 Å². The third-order valence-electron chi connectivity index (χ3n) is 5.49. The molecule has 21 heavy (non-hydrogen) atoms. The lowest BCUT2D eigenvalue weighted by Gasteiger charge is -2.37. The minimum absolute atomic E-state index is 0.211. The fraction of sp³-hybridized carbons (Fsp3) is 1.00. The summed E-state index contributed by atoms with van der Waals surface area (Å²) in [5.74, 6) is 0.241. The fourth-order valence-corrected chi connectivity index (χ4v) is 3.91. The average molecular weight is 300 g/mol. The molecule has 1 fully saturated rings. The van der Waals surface area contributed by atoms with Crippen LogP contribution in [0.15, 0.2) is 0 Å². The van der Waals surface area contributed by atoms with Crippen LogP contribution in [-0.2, 0) is 0 Å². The quantitative estimate of drug-likeness (QED) is 0.444. The maximum absolute atomic E-state index is 14.2. The predicted molar refractivity (Wildman–Crippen MR) is 91.5 cm³/mol. The van der Waals surface area contributed by atoms with E-state index in [1.165, 1.54) is 70.6 Å². The molecule has 0 saturated carbocycles. The highest BCUT2D eigenvalue weighted by Crippen LogP contribution is 2.42. The van der Waals surface area contributed by atoms with E-state index in [1.54, 1.807) is 0 Å². The van der Waals surface area contributed by atoms with Crippen LogP contribution in [0.3, 0.4) is 0 Å². The van der Waals surface area contributed by atoms with E-state index in [9.17, 15) is 4.39 Å². The topological polar surface area (TPSA) is 12.0 Å². The van der Waals surface area contributed by atoms with Crippen molar-refractivity contribution < 1.29 is 4.39 Å². The zero-order chi connectivity index (χ0) is 15.6. The Bertz CT molecular complexity index is 256. The van der Waals surface area contributed by atoms with Crippen LogP contribution in [0.2, 0.25) is 0 Å². The third-order valence-corrected chi connectivity index (χ3v) is 5.49. The van der Waals surface area contributed by atoms with Crippen LogP contribution in [0.4, 0.5) is 4.39 Å². The number of nitrogens with one attached hydrogen (secondary N) is 1. The Morgan fingerprint density at radius 3 is 1.86 bits per heavy atom. The molecule has 126 valence electrons. The molecule has 0 bridgehead atoms. The number of unbranched alkanes of at least 4 members (excludes halogenated alkanes) is 7. The lowest BCUT2D eigenvalue weighted by atomic mass is 9.69. The summed E-state index contributed by atoms with van der Waals surface area (Å²) in [7, 11) is 0. The maximum atomic E-state index is 14.2.